The summed E-state index contributed by atoms with van der Waals surface area (Å²) in [7, 11) is 1.72. The molecule has 0 saturated heterocycles. The van der Waals surface area contributed by atoms with Gasteiger partial charge in [-0.2, -0.15) is 5.10 Å². The minimum Gasteiger partial charge on any atom is -0.379 e. The topological polar surface area (TPSA) is 82.2 Å². The Morgan fingerprint density at radius 2 is 2.30 bits per heavy atom. The third-order valence-corrected chi connectivity index (χ3v) is 3.35. The number of rotatable bonds is 9. The monoisotopic (exact) mass is 282 g/mol. The highest BCUT2D eigenvalue weighted by Gasteiger charge is 2.26. The van der Waals surface area contributed by atoms with E-state index < -0.39 is 0 Å². The molecule has 1 saturated carbocycles. The summed E-state index contributed by atoms with van der Waals surface area (Å²) in [6, 6.07) is 0. The number of aromatic nitrogens is 2. The molecule has 2 rings (SSSR count). The Labute approximate surface area is 118 Å². The summed E-state index contributed by atoms with van der Waals surface area (Å²) in [4.78, 5) is 10.8. The van der Waals surface area contributed by atoms with E-state index in [1.165, 1.54) is 12.8 Å². The zero-order chi connectivity index (χ0) is 14.5. The number of hydrogen-bond donors (Lipinski definition) is 1. The van der Waals surface area contributed by atoms with Crippen molar-refractivity contribution in [2.45, 2.75) is 32.6 Å². The smallest absolute Gasteiger partial charge is 0.333 e. The average Bonchev–Trinajstić information content (AvgIpc) is 3.15. The molecule has 7 nitrogen and oxygen atoms in total. The largest absolute Gasteiger partial charge is 0.379 e. The zero-order valence-electron chi connectivity index (χ0n) is 12.1. The maximum absolute atomic E-state index is 11.2. The van der Waals surface area contributed by atoms with Crippen LogP contribution in [0.25, 0.3) is 0 Å². The first-order valence-corrected chi connectivity index (χ1v) is 7.15. The maximum Gasteiger partial charge on any atom is 0.333 e. The van der Waals surface area contributed by atoms with Gasteiger partial charge in [0.05, 0.1) is 11.5 Å². The first kappa shape index (κ1) is 14.8. The van der Waals surface area contributed by atoms with Crippen LogP contribution >= 0.6 is 0 Å². The van der Waals surface area contributed by atoms with Crippen LogP contribution in [0.5, 0.6) is 0 Å². The van der Waals surface area contributed by atoms with Gasteiger partial charge in [-0.05, 0) is 25.2 Å². The predicted octanol–water partition coefficient (Wildman–Crippen LogP) is 2.12. The second-order valence-electron chi connectivity index (χ2n) is 5.22. The molecule has 0 radical (unpaired) electrons. The average molecular weight is 282 g/mol. The van der Waals surface area contributed by atoms with Crippen molar-refractivity contribution in [2.24, 2.45) is 13.0 Å². The van der Waals surface area contributed by atoms with Crippen LogP contribution in [0.15, 0.2) is 0 Å². The van der Waals surface area contributed by atoms with Gasteiger partial charge in [0.25, 0.3) is 0 Å². The number of aryl methyl sites for hydroxylation is 2. The van der Waals surface area contributed by atoms with Crippen molar-refractivity contribution in [3.05, 3.63) is 15.8 Å². The van der Waals surface area contributed by atoms with Gasteiger partial charge >= 0.3 is 5.69 Å². The first-order chi connectivity index (χ1) is 9.63. The molecule has 0 atom stereocenters. The van der Waals surface area contributed by atoms with E-state index in [1.807, 2.05) is 6.92 Å². The zero-order valence-corrected chi connectivity index (χ0v) is 12.1. The highest BCUT2D eigenvalue weighted by atomic mass is 16.6. The fraction of sp³-hybridized carbons (Fsp3) is 0.769. The van der Waals surface area contributed by atoms with E-state index in [9.17, 15) is 10.1 Å². The summed E-state index contributed by atoms with van der Waals surface area (Å²) in [5.74, 6) is 1.20. The Morgan fingerprint density at radius 3 is 2.90 bits per heavy atom. The molecule has 1 aromatic rings. The van der Waals surface area contributed by atoms with Crippen molar-refractivity contribution in [1.82, 2.24) is 9.78 Å². The van der Waals surface area contributed by atoms with Crippen molar-refractivity contribution in [2.75, 3.05) is 25.1 Å². The molecular weight excluding hydrogens is 260 g/mol. The van der Waals surface area contributed by atoms with Gasteiger partial charge in [0, 0.05) is 20.2 Å². The summed E-state index contributed by atoms with van der Waals surface area (Å²) < 4.78 is 7.06. The van der Waals surface area contributed by atoms with Gasteiger partial charge in [0.15, 0.2) is 0 Å². The standard InChI is InChI=1S/C13H22N4O3/c1-3-4-11-12(17(18)19)13(16(2)15-11)14-7-8-20-9-10-5-6-10/h10,14H,3-9H2,1-2H3. The lowest BCUT2D eigenvalue weighted by molar-refractivity contribution is -0.384. The Hall–Kier alpha value is -1.63. The molecule has 0 unspecified atom stereocenters. The van der Waals surface area contributed by atoms with E-state index in [1.54, 1.807) is 11.7 Å². The van der Waals surface area contributed by atoms with Gasteiger partial charge in [-0.15, -0.1) is 0 Å². The number of nitrogens with one attached hydrogen (secondary N) is 1. The Morgan fingerprint density at radius 1 is 1.55 bits per heavy atom. The molecule has 1 N–H and O–H groups in total. The lowest BCUT2D eigenvalue weighted by Crippen LogP contribution is -2.13. The van der Waals surface area contributed by atoms with E-state index >= 15 is 0 Å². The van der Waals surface area contributed by atoms with Crippen molar-refractivity contribution in [3.8, 4) is 0 Å². The fourth-order valence-electron chi connectivity index (χ4n) is 2.14. The van der Waals surface area contributed by atoms with Crippen LogP contribution < -0.4 is 5.32 Å². The van der Waals surface area contributed by atoms with E-state index in [0.717, 1.165) is 18.9 Å². The molecule has 1 aliphatic rings. The summed E-state index contributed by atoms with van der Waals surface area (Å²) in [5, 5.41) is 18.5. The van der Waals surface area contributed by atoms with Gasteiger partial charge in [0.2, 0.25) is 5.82 Å². The predicted molar refractivity (Wildman–Crippen MR) is 75.9 cm³/mol. The Bertz CT molecular complexity index is 468. The van der Waals surface area contributed by atoms with Gasteiger partial charge in [-0.3, -0.25) is 10.1 Å². The number of nitro groups is 1. The number of hydrogen-bond acceptors (Lipinski definition) is 5. The number of ether oxygens (including phenoxy) is 1. The molecule has 0 amide bonds. The molecule has 1 aliphatic carbocycles. The van der Waals surface area contributed by atoms with Crippen LogP contribution in [0.1, 0.15) is 31.9 Å². The van der Waals surface area contributed by atoms with Gasteiger partial charge in [-0.25, -0.2) is 4.68 Å². The van der Waals surface area contributed by atoms with Gasteiger partial charge in [-0.1, -0.05) is 13.3 Å². The summed E-state index contributed by atoms with van der Waals surface area (Å²) >= 11 is 0. The van der Waals surface area contributed by atoms with Crippen LogP contribution in [-0.2, 0) is 18.2 Å². The van der Waals surface area contributed by atoms with Crippen LogP contribution in [0.4, 0.5) is 11.5 Å². The quantitative estimate of drug-likeness (QED) is 0.426. The van der Waals surface area contributed by atoms with E-state index in [2.05, 4.69) is 10.4 Å². The van der Waals surface area contributed by atoms with Crippen LogP contribution in [0.2, 0.25) is 0 Å². The molecule has 1 heterocycles. The number of anilines is 1. The fourth-order valence-corrected chi connectivity index (χ4v) is 2.14. The summed E-state index contributed by atoms with van der Waals surface area (Å²) in [6.07, 6.45) is 3.98. The van der Waals surface area contributed by atoms with Crippen LogP contribution in [0.3, 0.4) is 0 Å². The Balaban J connectivity index is 1.92. The van der Waals surface area contributed by atoms with E-state index in [-0.39, 0.29) is 10.6 Å². The third kappa shape index (κ3) is 3.69. The van der Waals surface area contributed by atoms with Gasteiger partial charge in [0.1, 0.15) is 5.69 Å². The lowest BCUT2D eigenvalue weighted by atomic mass is 10.2. The summed E-state index contributed by atoms with van der Waals surface area (Å²) in [5.41, 5.74) is 0.637. The molecule has 0 bridgehead atoms. The lowest BCUT2D eigenvalue weighted by Gasteiger charge is -2.06. The molecule has 20 heavy (non-hydrogen) atoms. The minimum atomic E-state index is -0.356. The SMILES string of the molecule is CCCc1nn(C)c(NCCOCC2CC2)c1[N+](=O)[O-]. The Kier molecular flexibility index (Phi) is 4.94. The number of nitrogens with zero attached hydrogens (tertiary/aromatic N) is 3. The molecule has 0 aromatic carbocycles. The molecule has 7 heteroatoms. The van der Waals surface area contributed by atoms with Crippen LogP contribution in [0, 0.1) is 16.0 Å². The van der Waals surface area contributed by atoms with Crippen molar-refractivity contribution >= 4 is 11.5 Å². The second-order valence-corrected chi connectivity index (χ2v) is 5.22. The maximum atomic E-state index is 11.2. The normalized spacial score (nSPS) is 14.5. The van der Waals surface area contributed by atoms with E-state index in [4.69, 9.17) is 4.74 Å². The molecular formula is C13H22N4O3. The molecule has 1 aromatic heterocycles. The summed E-state index contributed by atoms with van der Waals surface area (Å²) in [6.45, 7) is 3.90. The van der Waals surface area contributed by atoms with Crippen molar-refractivity contribution in [1.29, 1.82) is 0 Å². The van der Waals surface area contributed by atoms with E-state index in [0.29, 0.717) is 31.1 Å². The molecule has 0 aliphatic heterocycles. The molecule has 0 spiro atoms. The first-order valence-electron chi connectivity index (χ1n) is 7.15. The van der Waals surface area contributed by atoms with Crippen molar-refractivity contribution in [3.63, 3.8) is 0 Å². The van der Waals surface area contributed by atoms with Crippen LogP contribution in [-0.4, -0.2) is 34.5 Å². The molecule has 112 valence electrons. The molecule has 1 fully saturated rings. The minimum absolute atomic E-state index is 0.0940. The highest BCUT2D eigenvalue weighted by molar-refractivity contribution is 5.59. The van der Waals surface area contributed by atoms with Crippen molar-refractivity contribution < 1.29 is 9.66 Å². The van der Waals surface area contributed by atoms with Gasteiger partial charge < -0.3 is 10.1 Å². The highest BCUT2D eigenvalue weighted by Crippen LogP contribution is 2.29. The third-order valence-electron chi connectivity index (χ3n) is 3.35. The second kappa shape index (κ2) is 6.69.